The van der Waals surface area contributed by atoms with E-state index in [9.17, 15) is 17.6 Å². The van der Waals surface area contributed by atoms with Crippen LogP contribution in [0.3, 0.4) is 0 Å². The highest BCUT2D eigenvalue weighted by atomic mass is 79.9. The van der Waals surface area contributed by atoms with Gasteiger partial charge in [0.1, 0.15) is 22.6 Å². The fourth-order valence-corrected chi connectivity index (χ4v) is 4.35. The highest BCUT2D eigenvalue weighted by Gasteiger charge is 2.18. The maximum Gasteiger partial charge on any atom is 0.280 e. The topological polar surface area (TPSA) is 120 Å². The lowest BCUT2D eigenvalue weighted by Crippen LogP contribution is -2.18. The second kappa shape index (κ2) is 10.7. The summed E-state index contributed by atoms with van der Waals surface area (Å²) in [5, 5.41) is 9.23. The number of anilines is 1. The summed E-state index contributed by atoms with van der Waals surface area (Å²) in [5.41, 5.74) is 0.591. The Morgan fingerprint density at radius 1 is 1.09 bits per heavy atom. The third-order valence-electron chi connectivity index (χ3n) is 4.57. The van der Waals surface area contributed by atoms with Crippen molar-refractivity contribution in [3.05, 3.63) is 68.7 Å². The fourth-order valence-electron chi connectivity index (χ4n) is 2.86. The highest BCUT2D eigenvalue weighted by molar-refractivity contribution is 9.10. The van der Waals surface area contributed by atoms with Gasteiger partial charge in [-0.3, -0.25) is 4.79 Å². The third kappa shape index (κ3) is 6.02. The monoisotopic (exact) mass is 541 g/mol. The molecule has 0 fully saturated rings. The molecule has 176 valence electrons. The first kappa shape index (κ1) is 24.5. The Balaban J connectivity index is 1.73. The number of hydrogen-bond donors (Lipinski definition) is 2. The molecule has 9 nitrogen and oxygen atoms in total. The van der Waals surface area contributed by atoms with Crippen LogP contribution in [0, 0.1) is 5.82 Å². The second-order valence-electron chi connectivity index (χ2n) is 6.71. The van der Waals surface area contributed by atoms with Crippen LogP contribution in [0.15, 0.2) is 56.6 Å². The van der Waals surface area contributed by atoms with Gasteiger partial charge in [0.05, 0.1) is 24.9 Å². The van der Waals surface area contributed by atoms with E-state index in [1.54, 1.807) is 12.1 Å². The van der Waals surface area contributed by atoms with Crippen molar-refractivity contribution in [3.8, 4) is 17.4 Å². The van der Waals surface area contributed by atoms with E-state index in [-0.39, 0.29) is 39.8 Å². The van der Waals surface area contributed by atoms with E-state index < -0.39 is 21.2 Å². The number of ether oxygens (including phenoxy) is 3. The van der Waals surface area contributed by atoms with Crippen molar-refractivity contribution in [1.29, 1.82) is 0 Å². The first-order valence-corrected chi connectivity index (χ1v) is 12.0. The molecule has 0 aliphatic heterocycles. The van der Waals surface area contributed by atoms with Gasteiger partial charge in [-0.25, -0.2) is 17.9 Å². The molecule has 0 radical (unpaired) electrons. The summed E-state index contributed by atoms with van der Waals surface area (Å²) < 4.78 is 54.1. The van der Waals surface area contributed by atoms with E-state index in [1.165, 1.54) is 26.4 Å². The standard InChI is InChI=1S/C21H21BrFN3O6S/c1-30-16-8-3-13(11-17(16)31-2)12-24-19-18(22)20(27)25-26-21(19)32-9-10-33(28,29)15-6-4-14(23)5-7-15/h3-8,11H,9-10,12H2,1-2H3,(H2,24,25,27). The molecule has 1 heterocycles. The maximum atomic E-state index is 13.1. The van der Waals surface area contributed by atoms with E-state index in [1.807, 2.05) is 6.07 Å². The molecule has 0 atom stereocenters. The van der Waals surface area contributed by atoms with Gasteiger partial charge in [0.2, 0.25) is 0 Å². The number of halogens is 2. The molecule has 3 rings (SSSR count). The van der Waals surface area contributed by atoms with Crippen molar-refractivity contribution < 1.29 is 27.0 Å². The van der Waals surface area contributed by atoms with Crippen LogP contribution < -0.4 is 25.1 Å². The predicted molar refractivity (Wildman–Crippen MR) is 123 cm³/mol. The van der Waals surface area contributed by atoms with Gasteiger partial charge in [0.25, 0.3) is 11.4 Å². The summed E-state index contributed by atoms with van der Waals surface area (Å²) in [6.45, 7) is 0.0462. The Morgan fingerprint density at radius 3 is 2.45 bits per heavy atom. The number of benzene rings is 2. The van der Waals surface area contributed by atoms with Crippen LogP contribution >= 0.6 is 15.9 Å². The average molecular weight is 542 g/mol. The Labute approximate surface area is 197 Å². The SMILES string of the molecule is COc1ccc(CNc2c(OCCS(=O)(=O)c3ccc(F)cc3)n[nH]c(=O)c2Br)cc1OC. The number of nitrogens with one attached hydrogen (secondary N) is 2. The Morgan fingerprint density at radius 2 is 1.79 bits per heavy atom. The molecule has 3 aromatic rings. The van der Waals surface area contributed by atoms with Crippen molar-refractivity contribution in [1.82, 2.24) is 10.2 Å². The molecule has 0 aliphatic rings. The van der Waals surface area contributed by atoms with E-state index in [0.29, 0.717) is 11.5 Å². The number of methoxy groups -OCH3 is 2. The molecular formula is C21H21BrFN3O6S. The van der Waals surface area contributed by atoms with Crippen LogP contribution in [0.25, 0.3) is 0 Å². The lowest BCUT2D eigenvalue weighted by molar-refractivity contribution is 0.324. The van der Waals surface area contributed by atoms with Crippen LogP contribution in [0.1, 0.15) is 5.56 Å². The number of nitrogens with zero attached hydrogens (tertiary/aromatic N) is 1. The molecule has 2 N–H and O–H groups in total. The zero-order chi connectivity index (χ0) is 24.0. The highest BCUT2D eigenvalue weighted by Crippen LogP contribution is 2.30. The zero-order valence-electron chi connectivity index (χ0n) is 17.7. The summed E-state index contributed by atoms with van der Waals surface area (Å²) in [4.78, 5) is 12.0. The van der Waals surface area contributed by atoms with Gasteiger partial charge in [-0.05, 0) is 57.9 Å². The molecule has 2 aromatic carbocycles. The minimum absolute atomic E-state index is 0.0104. The summed E-state index contributed by atoms with van der Waals surface area (Å²) in [6, 6.07) is 9.87. The van der Waals surface area contributed by atoms with Gasteiger partial charge in [0, 0.05) is 6.54 Å². The van der Waals surface area contributed by atoms with Gasteiger partial charge in [-0.2, -0.15) is 0 Å². The van der Waals surface area contributed by atoms with Gasteiger partial charge >= 0.3 is 0 Å². The number of aromatic nitrogens is 2. The van der Waals surface area contributed by atoms with E-state index >= 15 is 0 Å². The predicted octanol–water partition coefficient (Wildman–Crippen LogP) is 3.15. The summed E-state index contributed by atoms with van der Waals surface area (Å²) in [5.74, 6) is 0.231. The minimum atomic E-state index is -3.70. The third-order valence-corrected chi connectivity index (χ3v) is 7.02. The van der Waals surface area contributed by atoms with Crippen LogP contribution in [-0.2, 0) is 16.4 Å². The Bertz CT molecular complexity index is 1280. The quantitative estimate of drug-likeness (QED) is 0.375. The van der Waals surface area contributed by atoms with Gasteiger partial charge in [-0.15, -0.1) is 5.10 Å². The smallest absolute Gasteiger partial charge is 0.280 e. The molecule has 33 heavy (non-hydrogen) atoms. The maximum absolute atomic E-state index is 13.1. The van der Waals surface area contributed by atoms with Gasteiger partial charge in [-0.1, -0.05) is 6.07 Å². The van der Waals surface area contributed by atoms with E-state index in [0.717, 1.165) is 17.7 Å². The van der Waals surface area contributed by atoms with Crippen LogP contribution in [0.4, 0.5) is 10.1 Å². The number of sulfone groups is 1. The van der Waals surface area contributed by atoms with E-state index in [4.69, 9.17) is 14.2 Å². The van der Waals surface area contributed by atoms with Gasteiger partial charge in [0.15, 0.2) is 21.3 Å². The minimum Gasteiger partial charge on any atom is -0.493 e. The van der Waals surface area contributed by atoms with E-state index in [2.05, 4.69) is 31.4 Å². The van der Waals surface area contributed by atoms with Gasteiger partial charge < -0.3 is 19.5 Å². The molecule has 0 saturated carbocycles. The van der Waals surface area contributed by atoms with Crippen molar-refractivity contribution in [2.45, 2.75) is 11.4 Å². The average Bonchev–Trinajstić information content (AvgIpc) is 2.81. The zero-order valence-corrected chi connectivity index (χ0v) is 20.1. The van der Waals surface area contributed by atoms with Crippen molar-refractivity contribution in [2.75, 3.05) is 31.9 Å². The lowest BCUT2D eigenvalue weighted by Gasteiger charge is -2.14. The molecule has 12 heteroatoms. The first-order valence-electron chi connectivity index (χ1n) is 9.59. The molecule has 0 saturated heterocycles. The van der Waals surface area contributed by atoms with Crippen molar-refractivity contribution in [3.63, 3.8) is 0 Å². The van der Waals surface area contributed by atoms with Crippen LogP contribution in [-0.4, -0.2) is 45.2 Å². The Kier molecular flexibility index (Phi) is 7.92. The van der Waals surface area contributed by atoms with Crippen LogP contribution in [0.5, 0.6) is 17.4 Å². The van der Waals surface area contributed by atoms with Crippen molar-refractivity contribution >= 4 is 31.5 Å². The number of hydrogen-bond acceptors (Lipinski definition) is 8. The number of rotatable bonds is 10. The van der Waals surface area contributed by atoms with Crippen molar-refractivity contribution in [2.24, 2.45) is 0 Å². The lowest BCUT2D eigenvalue weighted by atomic mass is 10.2. The van der Waals surface area contributed by atoms with Crippen LogP contribution in [0.2, 0.25) is 0 Å². The summed E-state index contributed by atoms with van der Waals surface area (Å²) >= 11 is 3.21. The molecule has 0 amide bonds. The fraction of sp³-hybridized carbons (Fsp3) is 0.238. The first-order chi connectivity index (χ1) is 15.7. The largest absolute Gasteiger partial charge is 0.493 e. The molecular weight excluding hydrogens is 521 g/mol. The summed E-state index contributed by atoms with van der Waals surface area (Å²) in [7, 11) is -0.635. The molecule has 0 unspecified atom stereocenters. The molecule has 0 spiro atoms. The normalized spacial score (nSPS) is 11.2. The number of H-pyrrole nitrogens is 1. The Hall–Kier alpha value is -3.12. The molecule has 0 bridgehead atoms. The number of aromatic amines is 1. The molecule has 0 aliphatic carbocycles. The second-order valence-corrected chi connectivity index (χ2v) is 9.61. The molecule has 1 aromatic heterocycles. The summed E-state index contributed by atoms with van der Waals surface area (Å²) in [6.07, 6.45) is 0.